The lowest BCUT2D eigenvalue weighted by molar-refractivity contribution is -0.0359. The molecule has 0 aliphatic carbocycles. The molecule has 1 aliphatic rings. The Morgan fingerprint density at radius 2 is 1.30 bits per heavy atom. The minimum atomic E-state index is 0.0964. The first kappa shape index (κ1) is 23.0. The van der Waals surface area contributed by atoms with E-state index in [9.17, 15) is 0 Å². The van der Waals surface area contributed by atoms with Crippen LogP contribution in [-0.2, 0) is 29.4 Å². The lowest BCUT2D eigenvalue weighted by Gasteiger charge is -2.18. The second kappa shape index (κ2) is 16.7. The molecule has 1 aromatic carbocycles. The molecule has 1 aliphatic heterocycles. The summed E-state index contributed by atoms with van der Waals surface area (Å²) in [5.74, 6) is 4.28. The Bertz CT molecular complexity index is 433. The minimum absolute atomic E-state index is 0.0964. The minimum Gasteiger partial charge on any atom is -0.377 e. The van der Waals surface area contributed by atoms with Crippen molar-refractivity contribution in [2.45, 2.75) is 11.9 Å². The van der Waals surface area contributed by atoms with Crippen molar-refractivity contribution in [2.24, 2.45) is 0 Å². The molecule has 7 heteroatoms. The molecule has 0 bridgehead atoms. The summed E-state index contributed by atoms with van der Waals surface area (Å²) in [7, 11) is 0. The summed E-state index contributed by atoms with van der Waals surface area (Å²) in [6, 6.07) is 10.6. The van der Waals surface area contributed by atoms with Crippen LogP contribution >= 0.6 is 23.5 Å². The van der Waals surface area contributed by atoms with Crippen LogP contribution in [0.5, 0.6) is 0 Å². The quantitative estimate of drug-likeness (QED) is 0.633. The van der Waals surface area contributed by atoms with Crippen LogP contribution < -0.4 is 0 Å². The maximum atomic E-state index is 5.93. The molecule has 1 unspecified atom stereocenters. The third-order valence-corrected chi connectivity index (χ3v) is 6.18. The van der Waals surface area contributed by atoms with Gasteiger partial charge in [-0.25, -0.2) is 0 Å². The van der Waals surface area contributed by atoms with Crippen LogP contribution in [0, 0.1) is 0 Å². The van der Waals surface area contributed by atoms with Crippen molar-refractivity contribution in [3.8, 4) is 0 Å². The van der Waals surface area contributed by atoms with Crippen LogP contribution in [0.3, 0.4) is 0 Å². The summed E-state index contributed by atoms with van der Waals surface area (Å²) in [4.78, 5) is 0. The van der Waals surface area contributed by atoms with Crippen molar-refractivity contribution in [3.63, 3.8) is 0 Å². The molecule has 1 atom stereocenters. The molecule has 154 valence electrons. The van der Waals surface area contributed by atoms with Crippen molar-refractivity contribution in [3.05, 3.63) is 35.9 Å². The normalized spacial score (nSPS) is 21.3. The van der Waals surface area contributed by atoms with E-state index in [2.05, 4.69) is 30.3 Å². The number of hydrogen-bond donors (Lipinski definition) is 0. The molecular formula is C20H32O5S2. The summed E-state index contributed by atoms with van der Waals surface area (Å²) in [5.41, 5.74) is 1.39. The van der Waals surface area contributed by atoms with Gasteiger partial charge in [-0.2, -0.15) is 23.5 Å². The molecule has 0 N–H and O–H groups in total. The SMILES string of the molecule is c1ccc(CSCCSCC2COCCOCCOCCOCCO2)cc1. The van der Waals surface area contributed by atoms with Crippen LogP contribution in [0.4, 0.5) is 0 Å². The van der Waals surface area contributed by atoms with Gasteiger partial charge in [0.05, 0.1) is 65.6 Å². The van der Waals surface area contributed by atoms with Crippen molar-refractivity contribution in [1.82, 2.24) is 0 Å². The Morgan fingerprint density at radius 1 is 0.704 bits per heavy atom. The first-order valence-electron chi connectivity index (χ1n) is 9.57. The van der Waals surface area contributed by atoms with E-state index in [0.717, 1.165) is 23.0 Å². The van der Waals surface area contributed by atoms with Crippen molar-refractivity contribution >= 4 is 23.5 Å². The highest BCUT2D eigenvalue weighted by atomic mass is 32.2. The van der Waals surface area contributed by atoms with E-state index >= 15 is 0 Å². The van der Waals surface area contributed by atoms with E-state index in [1.165, 1.54) is 5.56 Å². The fraction of sp³-hybridized carbons (Fsp3) is 0.700. The molecule has 1 saturated heterocycles. The standard InChI is InChI=1S/C20H32O5S2/c1-2-4-19(5-3-1)17-26-14-15-27-18-20-16-24-11-10-22-7-6-21-8-9-23-12-13-25-20/h1-5,20H,6-18H2. The largest absolute Gasteiger partial charge is 0.377 e. The Hall–Kier alpha value is -0.280. The lowest BCUT2D eigenvalue weighted by atomic mass is 10.2. The summed E-state index contributed by atoms with van der Waals surface area (Å²) in [6.45, 7) is 5.36. The molecule has 5 nitrogen and oxygen atoms in total. The van der Waals surface area contributed by atoms with Gasteiger partial charge in [0.25, 0.3) is 0 Å². The number of hydrogen-bond acceptors (Lipinski definition) is 7. The molecule has 27 heavy (non-hydrogen) atoms. The van der Waals surface area contributed by atoms with Gasteiger partial charge >= 0.3 is 0 Å². The van der Waals surface area contributed by atoms with Crippen molar-refractivity contribution < 1.29 is 23.7 Å². The van der Waals surface area contributed by atoms with Gasteiger partial charge in [0.2, 0.25) is 0 Å². The maximum Gasteiger partial charge on any atom is 0.0899 e. The topological polar surface area (TPSA) is 46.2 Å². The summed E-state index contributed by atoms with van der Waals surface area (Å²) < 4.78 is 28.0. The summed E-state index contributed by atoms with van der Waals surface area (Å²) in [6.07, 6.45) is 0.0964. The second-order valence-electron chi connectivity index (χ2n) is 6.02. The lowest BCUT2D eigenvalue weighted by Crippen LogP contribution is -2.26. The molecular weight excluding hydrogens is 384 g/mol. The maximum absolute atomic E-state index is 5.93. The van der Waals surface area contributed by atoms with Gasteiger partial charge in [-0.3, -0.25) is 0 Å². The van der Waals surface area contributed by atoms with E-state index in [1.54, 1.807) is 0 Å². The molecule has 1 fully saturated rings. The Labute approximate surface area is 171 Å². The zero-order valence-electron chi connectivity index (χ0n) is 16.0. The number of rotatable bonds is 7. The van der Waals surface area contributed by atoms with E-state index in [0.29, 0.717) is 59.5 Å². The van der Waals surface area contributed by atoms with Gasteiger partial charge in [-0.05, 0) is 5.56 Å². The first-order valence-corrected chi connectivity index (χ1v) is 11.9. The highest BCUT2D eigenvalue weighted by molar-refractivity contribution is 8.02. The molecule has 0 saturated carbocycles. The van der Waals surface area contributed by atoms with Gasteiger partial charge in [0.1, 0.15) is 0 Å². The van der Waals surface area contributed by atoms with Crippen molar-refractivity contribution in [1.29, 1.82) is 0 Å². The Morgan fingerprint density at radius 3 is 2.00 bits per heavy atom. The molecule has 1 heterocycles. The fourth-order valence-electron chi connectivity index (χ4n) is 2.39. The third-order valence-electron chi connectivity index (χ3n) is 3.79. The predicted octanol–water partition coefficient (Wildman–Crippen LogP) is 3.12. The number of benzene rings is 1. The van der Waals surface area contributed by atoms with Gasteiger partial charge < -0.3 is 23.7 Å². The first-order chi connectivity index (χ1) is 13.4. The zero-order chi connectivity index (χ0) is 18.8. The highest BCUT2D eigenvalue weighted by Crippen LogP contribution is 2.15. The van der Waals surface area contributed by atoms with Gasteiger partial charge in [0.15, 0.2) is 0 Å². The van der Waals surface area contributed by atoms with Crippen molar-refractivity contribution in [2.75, 3.05) is 76.7 Å². The predicted molar refractivity (Wildman–Crippen MR) is 113 cm³/mol. The van der Waals surface area contributed by atoms with E-state index in [1.807, 2.05) is 23.5 Å². The second-order valence-corrected chi connectivity index (χ2v) is 8.27. The molecule has 0 aromatic heterocycles. The van der Waals surface area contributed by atoms with Gasteiger partial charge in [0, 0.05) is 23.0 Å². The van der Waals surface area contributed by atoms with Crippen LogP contribution in [0.2, 0.25) is 0 Å². The van der Waals surface area contributed by atoms with Crippen LogP contribution in [0.15, 0.2) is 30.3 Å². The van der Waals surface area contributed by atoms with Crippen LogP contribution in [0.25, 0.3) is 0 Å². The summed E-state index contributed by atoms with van der Waals surface area (Å²) >= 11 is 3.90. The van der Waals surface area contributed by atoms with E-state index in [-0.39, 0.29) is 6.10 Å². The fourth-order valence-corrected chi connectivity index (χ4v) is 4.53. The Balaban J connectivity index is 1.56. The van der Waals surface area contributed by atoms with Crippen LogP contribution in [0.1, 0.15) is 5.56 Å². The zero-order valence-corrected chi connectivity index (χ0v) is 17.6. The van der Waals surface area contributed by atoms with E-state index in [4.69, 9.17) is 23.7 Å². The van der Waals surface area contributed by atoms with Crippen LogP contribution in [-0.4, -0.2) is 82.8 Å². The molecule has 2 rings (SSSR count). The average Bonchev–Trinajstić information content (AvgIpc) is 2.71. The van der Waals surface area contributed by atoms with E-state index < -0.39 is 0 Å². The molecule has 0 radical (unpaired) electrons. The van der Waals surface area contributed by atoms with Gasteiger partial charge in [-0.15, -0.1) is 0 Å². The molecule has 0 spiro atoms. The molecule has 1 aromatic rings. The summed E-state index contributed by atoms with van der Waals surface area (Å²) in [5, 5.41) is 0. The number of thioether (sulfide) groups is 2. The highest BCUT2D eigenvalue weighted by Gasteiger charge is 2.10. The average molecular weight is 417 g/mol. The Kier molecular flexibility index (Phi) is 14.2. The number of ether oxygens (including phenoxy) is 5. The monoisotopic (exact) mass is 416 g/mol. The smallest absolute Gasteiger partial charge is 0.0899 e. The van der Waals surface area contributed by atoms with Gasteiger partial charge in [-0.1, -0.05) is 30.3 Å². The molecule has 0 amide bonds. The third kappa shape index (κ3) is 12.7.